The Hall–Kier alpha value is -1.27. The Labute approximate surface area is 99.8 Å². The second kappa shape index (κ2) is 4.71. The molecule has 84 valence electrons. The van der Waals surface area contributed by atoms with Crippen molar-refractivity contribution in [3.05, 3.63) is 34.3 Å². The van der Waals surface area contributed by atoms with Gasteiger partial charge in [0, 0.05) is 10.9 Å². The van der Waals surface area contributed by atoms with Crippen molar-refractivity contribution in [1.82, 2.24) is 10.1 Å². The molecule has 6 heteroatoms. The number of hydrogen-bond acceptors (Lipinski definition) is 4. The third kappa shape index (κ3) is 2.28. The van der Waals surface area contributed by atoms with Crippen molar-refractivity contribution >= 4 is 15.9 Å². The fraction of sp³-hybridized carbons (Fsp3) is 0.200. The lowest BCUT2D eigenvalue weighted by Gasteiger charge is -1.97. The number of benzene rings is 1. The average molecular weight is 286 g/mol. The van der Waals surface area contributed by atoms with E-state index in [0.717, 1.165) is 4.47 Å². The summed E-state index contributed by atoms with van der Waals surface area (Å²) in [5.41, 5.74) is 5.64. The van der Waals surface area contributed by atoms with Gasteiger partial charge in [0.2, 0.25) is 0 Å². The largest absolute Gasteiger partial charge is 0.334 e. The molecule has 1 aromatic heterocycles. The van der Waals surface area contributed by atoms with E-state index in [1.807, 2.05) is 0 Å². The van der Waals surface area contributed by atoms with Crippen LogP contribution in [0, 0.1) is 5.82 Å². The van der Waals surface area contributed by atoms with E-state index >= 15 is 0 Å². The fourth-order valence-electron chi connectivity index (χ4n) is 1.26. The number of rotatable bonds is 3. The molecule has 0 aliphatic carbocycles. The van der Waals surface area contributed by atoms with Crippen LogP contribution >= 0.6 is 15.9 Å². The molecule has 0 fully saturated rings. The van der Waals surface area contributed by atoms with Crippen LogP contribution in [0.2, 0.25) is 0 Å². The predicted octanol–water partition coefficient (Wildman–Crippen LogP) is 2.14. The minimum absolute atomic E-state index is 0.169. The van der Waals surface area contributed by atoms with Crippen LogP contribution in [0.15, 0.2) is 27.2 Å². The highest BCUT2D eigenvalue weighted by atomic mass is 79.9. The summed E-state index contributed by atoms with van der Waals surface area (Å²) in [6.07, 6.45) is 0.513. The highest BCUT2D eigenvalue weighted by Gasteiger charge is 2.13. The second-order valence-electron chi connectivity index (χ2n) is 3.18. The van der Waals surface area contributed by atoms with Gasteiger partial charge in [0.25, 0.3) is 5.89 Å². The average Bonchev–Trinajstić information content (AvgIpc) is 2.71. The van der Waals surface area contributed by atoms with Crippen LogP contribution in [0.1, 0.15) is 5.82 Å². The zero-order valence-electron chi connectivity index (χ0n) is 8.28. The summed E-state index contributed by atoms with van der Waals surface area (Å²) < 4.78 is 19.2. The first-order valence-electron chi connectivity index (χ1n) is 4.69. The standard InChI is InChI=1S/C10H9BrFN3O/c11-6-1-2-8(12)7(5-6)10-14-9(3-4-13)15-16-10/h1-2,5H,3-4,13H2. The number of nitrogens with two attached hydrogens (primary N) is 1. The molecule has 16 heavy (non-hydrogen) atoms. The zero-order chi connectivity index (χ0) is 11.5. The van der Waals surface area contributed by atoms with E-state index < -0.39 is 5.82 Å². The van der Waals surface area contributed by atoms with Crippen molar-refractivity contribution in [3.63, 3.8) is 0 Å². The molecule has 0 unspecified atom stereocenters. The van der Waals surface area contributed by atoms with E-state index in [1.165, 1.54) is 6.07 Å². The van der Waals surface area contributed by atoms with Crippen LogP contribution in [0.25, 0.3) is 11.5 Å². The van der Waals surface area contributed by atoms with Gasteiger partial charge in [0.15, 0.2) is 5.82 Å². The highest BCUT2D eigenvalue weighted by molar-refractivity contribution is 9.10. The summed E-state index contributed by atoms with van der Waals surface area (Å²) in [5, 5.41) is 3.71. The van der Waals surface area contributed by atoms with Gasteiger partial charge in [-0.25, -0.2) is 4.39 Å². The summed E-state index contributed by atoms with van der Waals surface area (Å²) >= 11 is 3.25. The Morgan fingerprint density at radius 1 is 1.44 bits per heavy atom. The van der Waals surface area contributed by atoms with Gasteiger partial charge in [0.05, 0.1) is 5.56 Å². The van der Waals surface area contributed by atoms with E-state index in [9.17, 15) is 4.39 Å². The first kappa shape index (κ1) is 11.2. The molecule has 0 spiro atoms. The van der Waals surface area contributed by atoms with Gasteiger partial charge >= 0.3 is 0 Å². The molecule has 0 saturated heterocycles. The van der Waals surface area contributed by atoms with E-state index in [-0.39, 0.29) is 11.5 Å². The van der Waals surface area contributed by atoms with Crippen LogP contribution in [-0.4, -0.2) is 16.7 Å². The van der Waals surface area contributed by atoms with E-state index in [0.29, 0.717) is 18.8 Å². The third-order valence-corrected chi connectivity index (χ3v) is 2.49. The number of aromatic nitrogens is 2. The van der Waals surface area contributed by atoms with Gasteiger partial charge in [-0.05, 0) is 24.7 Å². The number of hydrogen-bond donors (Lipinski definition) is 1. The smallest absolute Gasteiger partial charge is 0.260 e. The summed E-state index contributed by atoms with van der Waals surface area (Å²) in [5.74, 6) is 0.255. The number of nitrogens with zero attached hydrogens (tertiary/aromatic N) is 2. The van der Waals surface area contributed by atoms with Crippen molar-refractivity contribution in [2.24, 2.45) is 5.73 Å². The monoisotopic (exact) mass is 285 g/mol. The lowest BCUT2D eigenvalue weighted by molar-refractivity contribution is 0.420. The molecule has 0 radical (unpaired) electrons. The normalized spacial score (nSPS) is 10.7. The van der Waals surface area contributed by atoms with Crippen LogP contribution in [-0.2, 0) is 6.42 Å². The molecule has 1 aromatic carbocycles. The minimum Gasteiger partial charge on any atom is -0.334 e. The quantitative estimate of drug-likeness (QED) is 0.938. The molecule has 4 nitrogen and oxygen atoms in total. The van der Waals surface area contributed by atoms with E-state index in [1.54, 1.807) is 12.1 Å². The molecule has 2 N–H and O–H groups in total. The van der Waals surface area contributed by atoms with Crippen molar-refractivity contribution in [1.29, 1.82) is 0 Å². The maximum Gasteiger partial charge on any atom is 0.260 e. The molecule has 2 aromatic rings. The van der Waals surface area contributed by atoms with Crippen LogP contribution in [0.3, 0.4) is 0 Å². The predicted molar refractivity (Wildman–Crippen MR) is 60.2 cm³/mol. The molecule has 0 atom stereocenters. The maximum atomic E-state index is 13.5. The Morgan fingerprint density at radius 2 is 2.25 bits per heavy atom. The molecule has 0 amide bonds. The second-order valence-corrected chi connectivity index (χ2v) is 4.09. The first-order chi connectivity index (χ1) is 7.70. The summed E-state index contributed by atoms with van der Waals surface area (Å²) in [6, 6.07) is 4.54. The fourth-order valence-corrected chi connectivity index (χ4v) is 1.62. The molecule has 0 aliphatic heterocycles. The van der Waals surface area contributed by atoms with Gasteiger partial charge in [-0.1, -0.05) is 21.1 Å². The van der Waals surface area contributed by atoms with E-state index in [2.05, 4.69) is 26.1 Å². The lowest BCUT2D eigenvalue weighted by Crippen LogP contribution is -2.03. The summed E-state index contributed by atoms with van der Waals surface area (Å²) in [7, 11) is 0. The Balaban J connectivity index is 2.38. The number of halogens is 2. The molecule has 0 bridgehead atoms. The molecular formula is C10H9BrFN3O. The van der Waals surface area contributed by atoms with E-state index in [4.69, 9.17) is 10.3 Å². The van der Waals surface area contributed by atoms with Gasteiger partial charge in [0.1, 0.15) is 5.82 Å². The Morgan fingerprint density at radius 3 is 3.00 bits per heavy atom. The molecule has 0 aliphatic rings. The van der Waals surface area contributed by atoms with Crippen LogP contribution < -0.4 is 5.73 Å². The van der Waals surface area contributed by atoms with Crippen molar-refractivity contribution in [3.8, 4) is 11.5 Å². The van der Waals surface area contributed by atoms with Crippen LogP contribution in [0.4, 0.5) is 4.39 Å². The Bertz CT molecular complexity index is 501. The Kier molecular flexibility index (Phi) is 3.31. The first-order valence-corrected chi connectivity index (χ1v) is 5.48. The molecule has 2 rings (SSSR count). The van der Waals surface area contributed by atoms with Gasteiger partial charge in [-0.15, -0.1) is 0 Å². The summed E-state index contributed by atoms with van der Waals surface area (Å²) in [4.78, 5) is 4.05. The topological polar surface area (TPSA) is 64.9 Å². The highest BCUT2D eigenvalue weighted by Crippen LogP contribution is 2.24. The van der Waals surface area contributed by atoms with Gasteiger partial charge in [-0.3, -0.25) is 0 Å². The maximum absolute atomic E-state index is 13.5. The zero-order valence-corrected chi connectivity index (χ0v) is 9.87. The molecular weight excluding hydrogens is 277 g/mol. The summed E-state index contributed by atoms with van der Waals surface area (Å²) in [6.45, 7) is 0.430. The SMILES string of the molecule is NCCc1noc(-c2cc(Br)ccc2F)n1. The van der Waals surface area contributed by atoms with Crippen LogP contribution in [0.5, 0.6) is 0 Å². The van der Waals surface area contributed by atoms with Crippen molar-refractivity contribution in [2.75, 3.05) is 6.54 Å². The van der Waals surface area contributed by atoms with Crippen molar-refractivity contribution in [2.45, 2.75) is 6.42 Å². The minimum atomic E-state index is -0.397. The van der Waals surface area contributed by atoms with Gasteiger partial charge in [-0.2, -0.15) is 4.98 Å². The molecule has 0 saturated carbocycles. The van der Waals surface area contributed by atoms with Gasteiger partial charge < -0.3 is 10.3 Å². The third-order valence-electron chi connectivity index (χ3n) is 1.99. The van der Waals surface area contributed by atoms with Crippen molar-refractivity contribution < 1.29 is 8.91 Å². The lowest BCUT2D eigenvalue weighted by atomic mass is 10.2. The molecule has 1 heterocycles.